The van der Waals surface area contributed by atoms with Crippen molar-refractivity contribution in [1.29, 1.82) is 0 Å². The van der Waals surface area contributed by atoms with Gasteiger partial charge in [-0.05, 0) is 42.9 Å². The van der Waals surface area contributed by atoms with Crippen LogP contribution in [0.3, 0.4) is 0 Å². The van der Waals surface area contributed by atoms with Crippen LogP contribution in [0.5, 0.6) is 0 Å². The van der Waals surface area contributed by atoms with E-state index in [2.05, 4.69) is 18.7 Å². The van der Waals surface area contributed by atoms with E-state index in [-0.39, 0.29) is 5.91 Å². The first-order valence-corrected chi connectivity index (χ1v) is 8.20. The van der Waals surface area contributed by atoms with E-state index in [9.17, 15) is 4.79 Å². The standard InChI is InChI=1S/C18H28N2O/c1-14(2)10-11-20(17-8-3-4-9-17)18(21)13-15-6-5-7-16(19)12-15/h5-7,12,14,17H,3-4,8-11,13,19H2,1-2H3. The Bertz CT molecular complexity index is 464. The number of rotatable bonds is 6. The second-order valence-electron chi connectivity index (χ2n) is 6.63. The van der Waals surface area contributed by atoms with Gasteiger partial charge in [-0.15, -0.1) is 0 Å². The Morgan fingerprint density at radius 3 is 2.67 bits per heavy atom. The molecule has 1 aliphatic carbocycles. The van der Waals surface area contributed by atoms with Crippen LogP contribution in [0, 0.1) is 5.92 Å². The molecule has 2 N–H and O–H groups in total. The van der Waals surface area contributed by atoms with Gasteiger partial charge in [0.05, 0.1) is 6.42 Å². The van der Waals surface area contributed by atoms with Crippen molar-refractivity contribution in [2.24, 2.45) is 5.92 Å². The number of nitrogens with two attached hydrogens (primary N) is 1. The summed E-state index contributed by atoms with van der Waals surface area (Å²) < 4.78 is 0. The van der Waals surface area contributed by atoms with Crippen molar-refractivity contribution in [2.45, 2.75) is 58.4 Å². The Labute approximate surface area is 128 Å². The highest BCUT2D eigenvalue weighted by Crippen LogP contribution is 2.25. The molecule has 1 aliphatic rings. The number of carbonyl (C=O) groups excluding carboxylic acids is 1. The molecule has 0 spiro atoms. The molecule has 0 aromatic heterocycles. The number of hydrogen-bond donors (Lipinski definition) is 1. The third kappa shape index (κ3) is 4.76. The first kappa shape index (κ1) is 15.9. The van der Waals surface area contributed by atoms with Gasteiger partial charge in [0.1, 0.15) is 0 Å². The summed E-state index contributed by atoms with van der Waals surface area (Å²) in [5.41, 5.74) is 7.56. The molecule has 3 heteroatoms. The van der Waals surface area contributed by atoms with Crippen LogP contribution in [0.2, 0.25) is 0 Å². The summed E-state index contributed by atoms with van der Waals surface area (Å²) in [7, 11) is 0. The maximum atomic E-state index is 12.7. The molecular formula is C18H28N2O. The van der Waals surface area contributed by atoms with Crippen molar-refractivity contribution in [3.63, 3.8) is 0 Å². The maximum absolute atomic E-state index is 12.7. The van der Waals surface area contributed by atoms with E-state index in [1.165, 1.54) is 25.7 Å². The lowest BCUT2D eigenvalue weighted by Crippen LogP contribution is -2.40. The van der Waals surface area contributed by atoms with E-state index in [4.69, 9.17) is 5.73 Å². The van der Waals surface area contributed by atoms with E-state index in [0.717, 1.165) is 24.2 Å². The fourth-order valence-corrected chi connectivity index (χ4v) is 3.10. The van der Waals surface area contributed by atoms with E-state index in [0.29, 0.717) is 18.4 Å². The summed E-state index contributed by atoms with van der Waals surface area (Å²) >= 11 is 0. The molecule has 1 saturated carbocycles. The third-order valence-electron chi connectivity index (χ3n) is 4.34. The Kier molecular flexibility index (Phi) is 5.66. The van der Waals surface area contributed by atoms with Gasteiger partial charge in [0.25, 0.3) is 0 Å². The zero-order valence-electron chi connectivity index (χ0n) is 13.3. The second-order valence-corrected chi connectivity index (χ2v) is 6.63. The molecule has 21 heavy (non-hydrogen) atoms. The van der Waals surface area contributed by atoms with Crippen LogP contribution < -0.4 is 5.73 Å². The molecule has 2 rings (SSSR count). The summed E-state index contributed by atoms with van der Waals surface area (Å²) in [5.74, 6) is 0.891. The van der Waals surface area contributed by atoms with Crippen LogP contribution in [0.25, 0.3) is 0 Å². The second kappa shape index (κ2) is 7.48. The van der Waals surface area contributed by atoms with Crippen LogP contribution in [0.15, 0.2) is 24.3 Å². The number of hydrogen-bond acceptors (Lipinski definition) is 2. The topological polar surface area (TPSA) is 46.3 Å². The molecule has 1 aromatic rings. The molecule has 0 aliphatic heterocycles. The maximum Gasteiger partial charge on any atom is 0.227 e. The van der Waals surface area contributed by atoms with Gasteiger partial charge < -0.3 is 10.6 Å². The van der Waals surface area contributed by atoms with Gasteiger partial charge in [-0.25, -0.2) is 0 Å². The predicted octanol–water partition coefficient (Wildman–Crippen LogP) is 3.63. The first-order chi connectivity index (χ1) is 10.1. The minimum atomic E-state index is 0.258. The highest BCUT2D eigenvalue weighted by molar-refractivity contribution is 5.79. The van der Waals surface area contributed by atoms with Crippen LogP contribution in [0.1, 0.15) is 51.5 Å². The third-order valence-corrected chi connectivity index (χ3v) is 4.34. The molecule has 0 radical (unpaired) electrons. The zero-order chi connectivity index (χ0) is 15.2. The number of nitrogen functional groups attached to an aromatic ring is 1. The van der Waals surface area contributed by atoms with Gasteiger partial charge in [-0.3, -0.25) is 4.79 Å². The van der Waals surface area contributed by atoms with Gasteiger partial charge >= 0.3 is 0 Å². The van der Waals surface area contributed by atoms with Gasteiger partial charge in [0.15, 0.2) is 0 Å². The number of amides is 1. The van der Waals surface area contributed by atoms with Crippen molar-refractivity contribution in [3.8, 4) is 0 Å². The smallest absolute Gasteiger partial charge is 0.227 e. The number of anilines is 1. The monoisotopic (exact) mass is 288 g/mol. The molecule has 0 heterocycles. The van der Waals surface area contributed by atoms with E-state index in [1.807, 2.05) is 24.3 Å². The number of carbonyl (C=O) groups is 1. The average molecular weight is 288 g/mol. The summed E-state index contributed by atoms with van der Waals surface area (Å²) in [6.07, 6.45) is 6.41. The minimum absolute atomic E-state index is 0.258. The summed E-state index contributed by atoms with van der Waals surface area (Å²) in [6, 6.07) is 8.14. The van der Waals surface area contributed by atoms with Crippen molar-refractivity contribution in [1.82, 2.24) is 4.90 Å². The molecule has 3 nitrogen and oxygen atoms in total. The molecule has 116 valence electrons. The lowest BCUT2D eigenvalue weighted by atomic mass is 10.1. The van der Waals surface area contributed by atoms with Gasteiger partial charge in [-0.1, -0.05) is 38.8 Å². The van der Waals surface area contributed by atoms with E-state index < -0.39 is 0 Å². The van der Waals surface area contributed by atoms with Gasteiger partial charge in [0, 0.05) is 18.3 Å². The molecular weight excluding hydrogens is 260 g/mol. The Morgan fingerprint density at radius 2 is 2.05 bits per heavy atom. The fraction of sp³-hybridized carbons (Fsp3) is 0.611. The van der Waals surface area contributed by atoms with Crippen LogP contribution in [-0.4, -0.2) is 23.4 Å². The quantitative estimate of drug-likeness (QED) is 0.813. The van der Waals surface area contributed by atoms with E-state index >= 15 is 0 Å². The fourth-order valence-electron chi connectivity index (χ4n) is 3.10. The predicted molar refractivity (Wildman–Crippen MR) is 88.0 cm³/mol. The van der Waals surface area contributed by atoms with E-state index in [1.54, 1.807) is 0 Å². The van der Waals surface area contributed by atoms with Crippen molar-refractivity contribution >= 4 is 11.6 Å². The molecule has 1 aromatic carbocycles. The normalized spacial score (nSPS) is 15.6. The molecule has 0 saturated heterocycles. The van der Waals surface area contributed by atoms with Crippen LogP contribution in [0.4, 0.5) is 5.69 Å². The van der Waals surface area contributed by atoms with Gasteiger partial charge in [-0.2, -0.15) is 0 Å². The zero-order valence-corrected chi connectivity index (χ0v) is 13.3. The Hall–Kier alpha value is -1.51. The lowest BCUT2D eigenvalue weighted by Gasteiger charge is -2.30. The molecule has 1 fully saturated rings. The first-order valence-electron chi connectivity index (χ1n) is 8.20. The molecule has 0 bridgehead atoms. The molecule has 1 amide bonds. The highest BCUT2D eigenvalue weighted by Gasteiger charge is 2.26. The van der Waals surface area contributed by atoms with Crippen molar-refractivity contribution in [2.75, 3.05) is 12.3 Å². The summed E-state index contributed by atoms with van der Waals surface area (Å²) in [5, 5.41) is 0. The van der Waals surface area contributed by atoms with Crippen LogP contribution in [-0.2, 0) is 11.2 Å². The Morgan fingerprint density at radius 1 is 1.33 bits per heavy atom. The number of benzene rings is 1. The molecule has 0 unspecified atom stereocenters. The lowest BCUT2D eigenvalue weighted by molar-refractivity contribution is -0.132. The SMILES string of the molecule is CC(C)CCN(C(=O)Cc1cccc(N)c1)C1CCCC1. The molecule has 0 atom stereocenters. The summed E-state index contributed by atoms with van der Waals surface area (Å²) in [6.45, 7) is 5.33. The summed E-state index contributed by atoms with van der Waals surface area (Å²) in [4.78, 5) is 14.8. The van der Waals surface area contributed by atoms with Gasteiger partial charge in [0.2, 0.25) is 5.91 Å². The van der Waals surface area contributed by atoms with Crippen molar-refractivity contribution in [3.05, 3.63) is 29.8 Å². The largest absolute Gasteiger partial charge is 0.399 e. The Balaban J connectivity index is 2.02. The van der Waals surface area contributed by atoms with Crippen LogP contribution >= 0.6 is 0 Å². The van der Waals surface area contributed by atoms with Crippen molar-refractivity contribution < 1.29 is 4.79 Å². The average Bonchev–Trinajstić information content (AvgIpc) is 2.92. The highest BCUT2D eigenvalue weighted by atomic mass is 16.2. The minimum Gasteiger partial charge on any atom is -0.399 e. The number of nitrogens with zero attached hydrogens (tertiary/aromatic N) is 1.